The Morgan fingerprint density at radius 1 is 0.944 bits per heavy atom. The molecule has 0 saturated heterocycles. The maximum absolute atomic E-state index is 13.8. The first kappa shape index (κ1) is 27.2. The highest BCUT2D eigenvalue weighted by Crippen LogP contribution is 2.28. The zero-order valence-corrected chi connectivity index (χ0v) is 22.2. The molecule has 36 heavy (non-hydrogen) atoms. The van der Waals surface area contributed by atoms with Gasteiger partial charge in [0.1, 0.15) is 12.6 Å². The van der Waals surface area contributed by atoms with Crippen LogP contribution in [0.3, 0.4) is 0 Å². The predicted molar refractivity (Wildman–Crippen MR) is 145 cm³/mol. The Morgan fingerprint density at radius 2 is 1.61 bits per heavy atom. The van der Waals surface area contributed by atoms with Crippen LogP contribution in [0.5, 0.6) is 0 Å². The van der Waals surface area contributed by atoms with Crippen molar-refractivity contribution in [3.8, 4) is 0 Å². The summed E-state index contributed by atoms with van der Waals surface area (Å²) in [5.41, 5.74) is 2.39. The summed E-state index contributed by atoms with van der Waals surface area (Å²) in [6, 6.07) is 19.9. The molecule has 8 heteroatoms. The monoisotopic (exact) mass is 509 g/mol. The molecular weight excluding hydrogens is 474 g/mol. The molecule has 2 amide bonds. The van der Waals surface area contributed by atoms with E-state index in [1.807, 2.05) is 75.4 Å². The van der Waals surface area contributed by atoms with E-state index in [0.717, 1.165) is 38.9 Å². The van der Waals surface area contributed by atoms with Gasteiger partial charge in [0.05, 0.1) is 11.9 Å². The fourth-order valence-electron chi connectivity index (χ4n) is 4.20. The van der Waals surface area contributed by atoms with Crippen molar-refractivity contribution in [2.75, 3.05) is 23.7 Å². The van der Waals surface area contributed by atoms with Gasteiger partial charge < -0.3 is 10.2 Å². The van der Waals surface area contributed by atoms with Gasteiger partial charge in [-0.2, -0.15) is 0 Å². The molecule has 0 bridgehead atoms. The number of carbonyl (C=O) groups is 2. The second kappa shape index (κ2) is 12.0. The molecule has 0 saturated carbocycles. The van der Waals surface area contributed by atoms with Crippen LogP contribution in [0.15, 0.2) is 66.7 Å². The molecule has 0 fully saturated rings. The number of anilines is 1. The van der Waals surface area contributed by atoms with Gasteiger partial charge >= 0.3 is 0 Å². The standard InChI is InChI=1S/C28H35N3O4S/c1-5-18-29-28(33)25(6-2)30(19-22-16-14-21(3)15-17-22)27(32)20-31(36(4,34)35)26-13-9-11-23-10-7-8-12-24(23)26/h7-17,25H,5-6,18-20H2,1-4H3,(H,29,33)/t25-/m1/s1. The summed E-state index contributed by atoms with van der Waals surface area (Å²) < 4.78 is 27.0. The summed E-state index contributed by atoms with van der Waals surface area (Å²) in [5.74, 6) is -0.677. The van der Waals surface area contributed by atoms with Crippen molar-refractivity contribution in [1.82, 2.24) is 10.2 Å². The number of nitrogens with zero attached hydrogens (tertiary/aromatic N) is 2. The van der Waals surface area contributed by atoms with Crippen LogP contribution in [0.4, 0.5) is 5.69 Å². The molecule has 192 valence electrons. The van der Waals surface area contributed by atoms with Gasteiger partial charge in [-0.25, -0.2) is 8.42 Å². The van der Waals surface area contributed by atoms with Crippen LogP contribution in [0.25, 0.3) is 10.8 Å². The van der Waals surface area contributed by atoms with Gasteiger partial charge in [0.25, 0.3) is 0 Å². The lowest BCUT2D eigenvalue weighted by Crippen LogP contribution is -2.52. The molecule has 0 aliphatic rings. The molecule has 0 spiro atoms. The number of benzene rings is 3. The Kier molecular flexibility index (Phi) is 9.09. The smallest absolute Gasteiger partial charge is 0.244 e. The molecule has 0 aliphatic heterocycles. The third kappa shape index (κ3) is 6.63. The average Bonchev–Trinajstić information content (AvgIpc) is 2.86. The predicted octanol–water partition coefficient (Wildman–Crippen LogP) is 4.25. The molecular formula is C28H35N3O4S. The number of sulfonamides is 1. The fourth-order valence-corrected chi connectivity index (χ4v) is 5.06. The van der Waals surface area contributed by atoms with Crippen LogP contribution in [-0.4, -0.2) is 50.5 Å². The van der Waals surface area contributed by atoms with E-state index in [1.54, 1.807) is 12.1 Å². The van der Waals surface area contributed by atoms with Crippen molar-refractivity contribution in [2.24, 2.45) is 0 Å². The van der Waals surface area contributed by atoms with Crippen molar-refractivity contribution in [3.63, 3.8) is 0 Å². The Hall–Kier alpha value is -3.39. The van der Waals surface area contributed by atoms with E-state index in [9.17, 15) is 18.0 Å². The Labute approximate surface area is 214 Å². The zero-order chi connectivity index (χ0) is 26.3. The maximum Gasteiger partial charge on any atom is 0.244 e. The van der Waals surface area contributed by atoms with Gasteiger partial charge in [0.2, 0.25) is 21.8 Å². The minimum absolute atomic E-state index is 0.199. The highest BCUT2D eigenvalue weighted by molar-refractivity contribution is 7.92. The van der Waals surface area contributed by atoms with E-state index in [2.05, 4.69) is 5.32 Å². The van der Waals surface area contributed by atoms with Crippen molar-refractivity contribution < 1.29 is 18.0 Å². The number of aryl methyl sites for hydroxylation is 1. The Balaban J connectivity index is 2.00. The second-order valence-corrected chi connectivity index (χ2v) is 10.9. The molecule has 0 unspecified atom stereocenters. The summed E-state index contributed by atoms with van der Waals surface area (Å²) >= 11 is 0. The molecule has 7 nitrogen and oxygen atoms in total. The topological polar surface area (TPSA) is 86.8 Å². The van der Waals surface area contributed by atoms with Crippen LogP contribution < -0.4 is 9.62 Å². The van der Waals surface area contributed by atoms with Gasteiger partial charge in [-0.3, -0.25) is 13.9 Å². The lowest BCUT2D eigenvalue weighted by molar-refractivity contribution is -0.140. The molecule has 0 radical (unpaired) electrons. The quantitative estimate of drug-likeness (QED) is 0.419. The molecule has 0 heterocycles. The highest BCUT2D eigenvalue weighted by atomic mass is 32.2. The van der Waals surface area contributed by atoms with Crippen LogP contribution >= 0.6 is 0 Å². The SMILES string of the molecule is CCCNC(=O)[C@@H](CC)N(Cc1ccc(C)cc1)C(=O)CN(c1cccc2ccccc12)S(C)(=O)=O. The molecule has 3 aromatic rings. The third-order valence-corrected chi connectivity index (χ3v) is 7.25. The van der Waals surface area contributed by atoms with Crippen molar-refractivity contribution in [1.29, 1.82) is 0 Å². The number of amides is 2. The summed E-state index contributed by atoms with van der Waals surface area (Å²) in [4.78, 5) is 28.3. The lowest BCUT2D eigenvalue weighted by atomic mass is 10.1. The van der Waals surface area contributed by atoms with Crippen molar-refractivity contribution in [2.45, 2.75) is 46.2 Å². The number of hydrogen-bond acceptors (Lipinski definition) is 4. The number of nitrogens with one attached hydrogen (secondary N) is 1. The molecule has 0 aromatic heterocycles. The summed E-state index contributed by atoms with van der Waals surface area (Å²) in [6.07, 6.45) is 2.27. The molecule has 1 N–H and O–H groups in total. The maximum atomic E-state index is 13.8. The van der Waals surface area contributed by atoms with Crippen LogP contribution in [0.1, 0.15) is 37.8 Å². The van der Waals surface area contributed by atoms with E-state index in [-0.39, 0.29) is 12.5 Å². The van der Waals surface area contributed by atoms with E-state index in [0.29, 0.717) is 18.7 Å². The first-order valence-corrected chi connectivity index (χ1v) is 14.1. The largest absolute Gasteiger partial charge is 0.354 e. The Bertz CT molecular complexity index is 1300. The van der Waals surface area contributed by atoms with E-state index in [4.69, 9.17) is 0 Å². The first-order valence-electron chi connectivity index (χ1n) is 12.2. The van der Waals surface area contributed by atoms with Crippen LogP contribution in [0, 0.1) is 6.92 Å². The highest BCUT2D eigenvalue weighted by Gasteiger charge is 2.32. The summed E-state index contributed by atoms with van der Waals surface area (Å²) in [7, 11) is -3.80. The van der Waals surface area contributed by atoms with Gasteiger partial charge in [-0.1, -0.05) is 80.1 Å². The minimum Gasteiger partial charge on any atom is -0.354 e. The number of fused-ring (bicyclic) bond motifs is 1. The molecule has 3 rings (SSSR count). The van der Waals surface area contributed by atoms with E-state index >= 15 is 0 Å². The van der Waals surface area contributed by atoms with Crippen LogP contribution in [-0.2, 0) is 26.2 Å². The zero-order valence-electron chi connectivity index (χ0n) is 21.4. The van der Waals surface area contributed by atoms with Gasteiger partial charge in [0, 0.05) is 18.5 Å². The van der Waals surface area contributed by atoms with Crippen molar-refractivity contribution >= 4 is 38.3 Å². The second-order valence-electron chi connectivity index (χ2n) is 8.99. The van der Waals surface area contributed by atoms with Gasteiger partial charge in [-0.15, -0.1) is 0 Å². The van der Waals surface area contributed by atoms with E-state index in [1.165, 1.54) is 4.90 Å². The van der Waals surface area contributed by atoms with Crippen LogP contribution in [0.2, 0.25) is 0 Å². The van der Waals surface area contributed by atoms with Crippen molar-refractivity contribution in [3.05, 3.63) is 77.9 Å². The first-order chi connectivity index (χ1) is 17.2. The normalized spacial score (nSPS) is 12.2. The summed E-state index contributed by atoms with van der Waals surface area (Å²) in [6.45, 7) is 6.09. The fraction of sp³-hybridized carbons (Fsp3) is 0.357. The lowest BCUT2D eigenvalue weighted by Gasteiger charge is -2.33. The number of carbonyl (C=O) groups excluding carboxylic acids is 2. The number of hydrogen-bond donors (Lipinski definition) is 1. The summed E-state index contributed by atoms with van der Waals surface area (Å²) in [5, 5.41) is 4.49. The minimum atomic E-state index is -3.80. The molecule has 1 atom stereocenters. The molecule has 3 aromatic carbocycles. The van der Waals surface area contributed by atoms with E-state index < -0.39 is 28.5 Å². The molecule has 0 aliphatic carbocycles. The number of rotatable bonds is 11. The van der Waals surface area contributed by atoms with Gasteiger partial charge in [-0.05, 0) is 36.8 Å². The van der Waals surface area contributed by atoms with Gasteiger partial charge in [0.15, 0.2) is 0 Å². The average molecular weight is 510 g/mol. The Morgan fingerprint density at radius 3 is 2.25 bits per heavy atom. The third-order valence-electron chi connectivity index (χ3n) is 6.12.